The van der Waals surface area contributed by atoms with Crippen LogP contribution in [0, 0.1) is 18.6 Å². The fourth-order valence-corrected chi connectivity index (χ4v) is 1.94. The molecule has 2 aromatic rings. The first-order valence-electron chi connectivity index (χ1n) is 5.87. The fourth-order valence-electron chi connectivity index (χ4n) is 1.94. The number of carbonyl (C=O) groups excluding carboxylic acids is 1. The maximum atomic E-state index is 13.1. The first-order chi connectivity index (χ1) is 9.68. The quantitative estimate of drug-likeness (QED) is 0.588. The van der Waals surface area contributed by atoms with Crippen LogP contribution in [0.5, 0.6) is 0 Å². The molecule has 6 heteroatoms. The van der Waals surface area contributed by atoms with E-state index >= 15 is 0 Å². The zero-order valence-electron chi connectivity index (χ0n) is 10.8. The summed E-state index contributed by atoms with van der Waals surface area (Å²) in [6.45, 7) is 1.33. The van der Waals surface area contributed by atoms with Crippen LogP contribution in [-0.2, 0) is 6.18 Å². The number of carbonyl (C=O) groups is 1. The number of benzene rings is 2. The minimum atomic E-state index is -4.52. The van der Waals surface area contributed by atoms with Gasteiger partial charge >= 0.3 is 6.18 Å². The highest BCUT2D eigenvalue weighted by molar-refractivity contribution is 6.09. The van der Waals surface area contributed by atoms with Gasteiger partial charge in [-0.3, -0.25) is 4.79 Å². The number of hydrogen-bond donors (Lipinski definition) is 0. The third kappa shape index (κ3) is 3.26. The van der Waals surface area contributed by atoms with E-state index in [0.717, 1.165) is 30.3 Å². The van der Waals surface area contributed by atoms with E-state index in [1.165, 1.54) is 6.92 Å². The van der Waals surface area contributed by atoms with Gasteiger partial charge in [-0.1, -0.05) is 6.07 Å². The summed E-state index contributed by atoms with van der Waals surface area (Å²) < 4.78 is 63.8. The van der Waals surface area contributed by atoms with E-state index in [1.54, 1.807) is 0 Å². The van der Waals surface area contributed by atoms with E-state index in [1.807, 2.05) is 0 Å². The Morgan fingerprint density at radius 2 is 1.52 bits per heavy atom. The van der Waals surface area contributed by atoms with Crippen LogP contribution < -0.4 is 0 Å². The minimum Gasteiger partial charge on any atom is -0.289 e. The summed E-state index contributed by atoms with van der Waals surface area (Å²) in [4.78, 5) is 12.1. The van der Waals surface area contributed by atoms with Crippen molar-refractivity contribution in [2.75, 3.05) is 0 Å². The number of halogens is 5. The molecule has 0 radical (unpaired) electrons. The average molecular weight is 300 g/mol. The highest BCUT2D eigenvalue weighted by Gasteiger charge is 2.31. The van der Waals surface area contributed by atoms with Crippen molar-refractivity contribution >= 4 is 5.78 Å². The van der Waals surface area contributed by atoms with Crippen molar-refractivity contribution in [1.29, 1.82) is 0 Å². The Kier molecular flexibility index (Phi) is 3.80. The van der Waals surface area contributed by atoms with Crippen LogP contribution in [0.3, 0.4) is 0 Å². The predicted molar refractivity (Wildman–Crippen MR) is 66.0 cm³/mol. The van der Waals surface area contributed by atoms with Gasteiger partial charge in [0.25, 0.3) is 0 Å². The first kappa shape index (κ1) is 15.2. The lowest BCUT2D eigenvalue weighted by molar-refractivity contribution is -0.137. The Morgan fingerprint density at radius 3 is 2.00 bits per heavy atom. The van der Waals surface area contributed by atoms with Crippen molar-refractivity contribution in [2.45, 2.75) is 13.1 Å². The Hall–Kier alpha value is -2.24. The zero-order chi connectivity index (χ0) is 15.8. The summed E-state index contributed by atoms with van der Waals surface area (Å²) >= 11 is 0. The van der Waals surface area contributed by atoms with Gasteiger partial charge in [-0.15, -0.1) is 0 Å². The van der Waals surface area contributed by atoms with Crippen LogP contribution in [-0.4, -0.2) is 5.78 Å². The molecular weight excluding hydrogens is 291 g/mol. The van der Waals surface area contributed by atoms with Gasteiger partial charge in [-0.25, -0.2) is 8.78 Å². The summed E-state index contributed by atoms with van der Waals surface area (Å²) in [6, 6.07) is 4.86. The topological polar surface area (TPSA) is 17.1 Å². The summed E-state index contributed by atoms with van der Waals surface area (Å²) in [5.74, 6) is -2.59. The highest BCUT2D eigenvalue weighted by Crippen LogP contribution is 2.31. The molecular formula is C15H9F5O. The van der Waals surface area contributed by atoms with E-state index in [9.17, 15) is 26.7 Å². The molecule has 0 aliphatic heterocycles. The molecule has 0 bridgehead atoms. The number of ketones is 1. The smallest absolute Gasteiger partial charge is 0.289 e. The standard InChI is InChI=1S/C15H9F5O/c1-8-4-10(15(18,19)20)2-3-13(8)14(21)9-5-11(16)7-12(17)6-9/h2-7H,1H3. The normalized spacial score (nSPS) is 11.5. The largest absolute Gasteiger partial charge is 0.416 e. The maximum Gasteiger partial charge on any atom is 0.416 e. The van der Waals surface area contributed by atoms with Crippen molar-refractivity contribution in [3.63, 3.8) is 0 Å². The van der Waals surface area contributed by atoms with Crippen molar-refractivity contribution in [1.82, 2.24) is 0 Å². The molecule has 0 aliphatic carbocycles. The van der Waals surface area contributed by atoms with Gasteiger partial charge in [0.2, 0.25) is 0 Å². The molecule has 2 rings (SSSR count). The van der Waals surface area contributed by atoms with Crippen molar-refractivity contribution in [3.8, 4) is 0 Å². The molecule has 1 nitrogen and oxygen atoms in total. The van der Waals surface area contributed by atoms with Crippen LogP contribution >= 0.6 is 0 Å². The lowest BCUT2D eigenvalue weighted by Crippen LogP contribution is -2.09. The summed E-state index contributed by atoms with van der Waals surface area (Å²) in [5.41, 5.74) is -1.09. The second kappa shape index (κ2) is 5.27. The molecule has 0 spiro atoms. The van der Waals surface area contributed by atoms with Gasteiger partial charge in [-0.05, 0) is 36.8 Å². The highest BCUT2D eigenvalue weighted by atomic mass is 19.4. The predicted octanol–water partition coefficient (Wildman–Crippen LogP) is 4.52. The average Bonchev–Trinajstić information content (AvgIpc) is 2.35. The number of alkyl halides is 3. The van der Waals surface area contributed by atoms with Crippen LogP contribution in [0.4, 0.5) is 22.0 Å². The van der Waals surface area contributed by atoms with Crippen molar-refractivity contribution in [3.05, 3.63) is 70.3 Å². The number of hydrogen-bond acceptors (Lipinski definition) is 1. The minimum absolute atomic E-state index is 0.0343. The molecule has 0 heterocycles. The summed E-state index contributed by atoms with van der Waals surface area (Å²) in [6.07, 6.45) is -4.52. The van der Waals surface area contributed by atoms with E-state index < -0.39 is 29.2 Å². The van der Waals surface area contributed by atoms with Crippen LogP contribution in [0.1, 0.15) is 27.0 Å². The molecule has 110 valence electrons. The second-order valence-corrected chi connectivity index (χ2v) is 4.51. The van der Waals surface area contributed by atoms with Crippen LogP contribution in [0.25, 0.3) is 0 Å². The zero-order valence-corrected chi connectivity index (χ0v) is 10.8. The monoisotopic (exact) mass is 300 g/mol. The molecule has 2 aromatic carbocycles. The third-order valence-electron chi connectivity index (χ3n) is 2.92. The van der Waals surface area contributed by atoms with Crippen LogP contribution in [0.15, 0.2) is 36.4 Å². The Balaban J connectivity index is 2.44. The van der Waals surface area contributed by atoms with Gasteiger partial charge in [0.15, 0.2) is 5.78 Å². The Morgan fingerprint density at radius 1 is 0.952 bits per heavy atom. The first-order valence-corrected chi connectivity index (χ1v) is 5.87. The fraction of sp³-hybridized carbons (Fsp3) is 0.133. The SMILES string of the molecule is Cc1cc(C(F)(F)F)ccc1C(=O)c1cc(F)cc(F)c1. The molecule has 0 N–H and O–H groups in total. The second-order valence-electron chi connectivity index (χ2n) is 4.51. The van der Waals surface area contributed by atoms with Gasteiger partial charge < -0.3 is 0 Å². The molecule has 0 amide bonds. The van der Waals surface area contributed by atoms with Crippen molar-refractivity contribution < 1.29 is 26.7 Å². The molecule has 21 heavy (non-hydrogen) atoms. The lowest BCUT2D eigenvalue weighted by Gasteiger charge is -2.10. The summed E-state index contributed by atoms with van der Waals surface area (Å²) in [5, 5.41) is 0. The van der Waals surface area contributed by atoms with E-state index in [2.05, 4.69) is 0 Å². The van der Waals surface area contributed by atoms with Gasteiger partial charge in [0.05, 0.1) is 5.56 Å². The van der Waals surface area contributed by atoms with Gasteiger partial charge in [-0.2, -0.15) is 13.2 Å². The molecule has 0 atom stereocenters. The van der Waals surface area contributed by atoms with E-state index in [-0.39, 0.29) is 16.7 Å². The molecule has 0 fully saturated rings. The number of aryl methyl sites for hydroxylation is 1. The van der Waals surface area contributed by atoms with Gasteiger partial charge in [0, 0.05) is 17.2 Å². The third-order valence-corrected chi connectivity index (χ3v) is 2.92. The molecule has 0 saturated carbocycles. The molecule has 0 aliphatic rings. The number of rotatable bonds is 2. The Bertz CT molecular complexity index is 683. The van der Waals surface area contributed by atoms with E-state index in [4.69, 9.17) is 0 Å². The molecule has 0 aromatic heterocycles. The van der Waals surface area contributed by atoms with E-state index in [0.29, 0.717) is 6.07 Å². The Labute approximate surface area is 117 Å². The van der Waals surface area contributed by atoms with Crippen LogP contribution in [0.2, 0.25) is 0 Å². The van der Waals surface area contributed by atoms with Gasteiger partial charge in [0.1, 0.15) is 11.6 Å². The summed E-state index contributed by atoms with van der Waals surface area (Å²) in [7, 11) is 0. The molecule has 0 saturated heterocycles. The van der Waals surface area contributed by atoms with Crippen molar-refractivity contribution in [2.24, 2.45) is 0 Å². The molecule has 0 unspecified atom stereocenters. The lowest BCUT2D eigenvalue weighted by atomic mass is 9.97. The maximum absolute atomic E-state index is 13.1.